The number of fused-ring (bicyclic) bond motifs is 2. The number of rotatable bonds is 7. The number of amides is 1. The van der Waals surface area contributed by atoms with Crippen molar-refractivity contribution in [2.24, 2.45) is 0 Å². The van der Waals surface area contributed by atoms with Crippen LogP contribution in [0.4, 0.5) is 4.39 Å². The summed E-state index contributed by atoms with van der Waals surface area (Å²) in [5.41, 5.74) is 3.33. The standard InChI is InChI=1S/C24H22FNO5/c1-14-17(7-8-23(28)26-9-2-10-27)24(29)31-22-12-21-19(11-18(14)22)20(13-30-21)15-3-5-16(25)6-4-15/h3-6,11-13,27H,2,7-10H2,1H3,(H,26,28). The highest BCUT2D eigenvalue weighted by Crippen LogP contribution is 2.34. The van der Waals surface area contributed by atoms with Crippen molar-refractivity contribution in [1.29, 1.82) is 0 Å². The van der Waals surface area contributed by atoms with Crippen LogP contribution in [0.2, 0.25) is 0 Å². The Labute approximate surface area is 177 Å². The second-order valence-electron chi connectivity index (χ2n) is 7.42. The minimum absolute atomic E-state index is 0.00996. The molecular formula is C24H22FNO5. The first-order valence-corrected chi connectivity index (χ1v) is 10.1. The van der Waals surface area contributed by atoms with Crippen LogP contribution in [0.5, 0.6) is 0 Å². The minimum atomic E-state index is -0.474. The van der Waals surface area contributed by atoms with Crippen molar-refractivity contribution in [1.82, 2.24) is 5.32 Å². The highest BCUT2D eigenvalue weighted by atomic mass is 19.1. The first kappa shape index (κ1) is 20.8. The molecule has 0 atom stereocenters. The lowest BCUT2D eigenvalue weighted by Gasteiger charge is -2.09. The van der Waals surface area contributed by atoms with Crippen molar-refractivity contribution < 1.29 is 23.1 Å². The molecule has 2 aromatic heterocycles. The van der Waals surface area contributed by atoms with E-state index in [4.69, 9.17) is 13.9 Å². The van der Waals surface area contributed by atoms with Gasteiger partial charge in [-0.25, -0.2) is 9.18 Å². The zero-order chi connectivity index (χ0) is 22.0. The quantitative estimate of drug-likeness (QED) is 0.345. The van der Waals surface area contributed by atoms with E-state index in [1.54, 1.807) is 24.5 Å². The number of nitrogens with one attached hydrogen (secondary N) is 1. The Balaban J connectivity index is 1.70. The minimum Gasteiger partial charge on any atom is -0.464 e. The number of benzene rings is 2. The first-order chi connectivity index (χ1) is 15.0. The molecule has 0 unspecified atom stereocenters. The number of aryl methyl sites for hydroxylation is 1. The van der Waals surface area contributed by atoms with Gasteiger partial charge in [0.25, 0.3) is 0 Å². The molecule has 0 spiro atoms. The molecule has 0 aliphatic heterocycles. The molecule has 2 N–H and O–H groups in total. The summed E-state index contributed by atoms with van der Waals surface area (Å²) < 4.78 is 24.5. The number of carbonyl (C=O) groups is 1. The van der Waals surface area contributed by atoms with Crippen LogP contribution in [0.1, 0.15) is 24.0 Å². The molecule has 31 heavy (non-hydrogen) atoms. The van der Waals surface area contributed by atoms with Gasteiger partial charge in [0.15, 0.2) is 0 Å². The van der Waals surface area contributed by atoms with E-state index in [1.807, 2.05) is 13.0 Å². The average Bonchev–Trinajstić information content (AvgIpc) is 3.16. The van der Waals surface area contributed by atoms with Crippen LogP contribution in [-0.2, 0) is 11.2 Å². The monoisotopic (exact) mass is 423 g/mol. The molecule has 160 valence electrons. The van der Waals surface area contributed by atoms with Crippen molar-refractivity contribution in [3.63, 3.8) is 0 Å². The topological polar surface area (TPSA) is 92.7 Å². The first-order valence-electron chi connectivity index (χ1n) is 10.1. The Hall–Kier alpha value is -3.45. The molecule has 0 bridgehead atoms. The lowest BCUT2D eigenvalue weighted by molar-refractivity contribution is -0.121. The van der Waals surface area contributed by atoms with Crippen LogP contribution in [-0.4, -0.2) is 24.2 Å². The van der Waals surface area contributed by atoms with E-state index in [2.05, 4.69) is 5.32 Å². The molecule has 1 amide bonds. The maximum absolute atomic E-state index is 13.3. The summed E-state index contributed by atoms with van der Waals surface area (Å²) >= 11 is 0. The van der Waals surface area contributed by atoms with Gasteiger partial charge in [-0.15, -0.1) is 0 Å². The molecule has 4 rings (SSSR count). The lowest BCUT2D eigenvalue weighted by atomic mass is 9.99. The fourth-order valence-electron chi connectivity index (χ4n) is 3.69. The van der Waals surface area contributed by atoms with Gasteiger partial charge in [0.05, 0.1) is 6.26 Å². The number of aliphatic hydroxyl groups is 1. The van der Waals surface area contributed by atoms with Crippen molar-refractivity contribution >= 4 is 27.8 Å². The summed E-state index contributed by atoms with van der Waals surface area (Å²) in [6, 6.07) is 9.73. The van der Waals surface area contributed by atoms with E-state index < -0.39 is 5.63 Å². The number of hydrogen-bond donors (Lipinski definition) is 2. The van der Waals surface area contributed by atoms with E-state index in [1.165, 1.54) is 12.1 Å². The third kappa shape index (κ3) is 4.22. The molecule has 0 saturated heterocycles. The van der Waals surface area contributed by atoms with Crippen molar-refractivity contribution in [3.05, 3.63) is 70.0 Å². The van der Waals surface area contributed by atoms with Crippen LogP contribution in [0.15, 0.2) is 56.3 Å². The largest absolute Gasteiger partial charge is 0.464 e. The predicted octanol–water partition coefficient (Wildman–Crippen LogP) is 4.08. The van der Waals surface area contributed by atoms with Gasteiger partial charge in [-0.3, -0.25) is 4.79 Å². The summed E-state index contributed by atoms with van der Waals surface area (Å²) in [5.74, 6) is -0.499. The Kier molecular flexibility index (Phi) is 5.86. The van der Waals surface area contributed by atoms with Gasteiger partial charge in [0, 0.05) is 47.5 Å². The third-order valence-corrected chi connectivity index (χ3v) is 5.40. The van der Waals surface area contributed by atoms with Crippen LogP contribution in [0.3, 0.4) is 0 Å². The Morgan fingerprint density at radius 2 is 1.90 bits per heavy atom. The molecular weight excluding hydrogens is 401 g/mol. The molecule has 0 saturated carbocycles. The molecule has 0 fully saturated rings. The fourth-order valence-corrected chi connectivity index (χ4v) is 3.69. The third-order valence-electron chi connectivity index (χ3n) is 5.40. The highest BCUT2D eigenvalue weighted by Gasteiger charge is 2.16. The molecule has 6 nitrogen and oxygen atoms in total. The number of furan rings is 1. The smallest absolute Gasteiger partial charge is 0.339 e. The van der Waals surface area contributed by atoms with Crippen LogP contribution in [0, 0.1) is 12.7 Å². The second-order valence-corrected chi connectivity index (χ2v) is 7.42. The SMILES string of the molecule is Cc1c(CCC(=O)NCCCO)c(=O)oc2cc3occ(-c4ccc(F)cc4)c3cc12. The Bertz CT molecular complexity index is 1300. The van der Waals surface area contributed by atoms with Gasteiger partial charge in [-0.05, 0) is 49.1 Å². The van der Waals surface area contributed by atoms with Gasteiger partial charge < -0.3 is 19.3 Å². The average molecular weight is 423 g/mol. The lowest BCUT2D eigenvalue weighted by Crippen LogP contribution is -2.26. The van der Waals surface area contributed by atoms with E-state index in [0.717, 1.165) is 27.5 Å². The molecule has 7 heteroatoms. The molecule has 0 aliphatic carbocycles. The Morgan fingerprint density at radius 1 is 1.13 bits per heavy atom. The molecule has 2 aromatic carbocycles. The van der Waals surface area contributed by atoms with Gasteiger partial charge in [0.1, 0.15) is 17.0 Å². The maximum Gasteiger partial charge on any atom is 0.339 e. The van der Waals surface area contributed by atoms with Gasteiger partial charge in [-0.1, -0.05) is 12.1 Å². The normalized spacial score (nSPS) is 11.3. The summed E-state index contributed by atoms with van der Waals surface area (Å²) in [6.45, 7) is 2.24. The van der Waals surface area contributed by atoms with Crippen LogP contribution in [0.25, 0.3) is 33.1 Å². The van der Waals surface area contributed by atoms with E-state index in [0.29, 0.717) is 29.7 Å². The number of hydrogen-bond acceptors (Lipinski definition) is 5. The second kappa shape index (κ2) is 8.73. The molecule has 2 heterocycles. The van der Waals surface area contributed by atoms with Crippen molar-refractivity contribution in [2.45, 2.75) is 26.2 Å². The molecule has 0 aliphatic rings. The summed E-state index contributed by atoms with van der Waals surface area (Å²) in [7, 11) is 0. The van der Waals surface area contributed by atoms with Gasteiger partial charge in [0.2, 0.25) is 5.91 Å². The number of halogens is 1. The summed E-state index contributed by atoms with van der Waals surface area (Å²) in [6.07, 6.45) is 2.49. The highest BCUT2D eigenvalue weighted by molar-refractivity contribution is 6.02. The molecule has 0 radical (unpaired) electrons. The number of carbonyl (C=O) groups excluding carboxylic acids is 1. The number of aliphatic hydroxyl groups excluding tert-OH is 1. The van der Waals surface area contributed by atoms with Gasteiger partial charge in [-0.2, -0.15) is 0 Å². The maximum atomic E-state index is 13.3. The zero-order valence-corrected chi connectivity index (χ0v) is 17.0. The van der Waals surface area contributed by atoms with Crippen LogP contribution >= 0.6 is 0 Å². The summed E-state index contributed by atoms with van der Waals surface area (Å²) in [5, 5.41) is 13.1. The zero-order valence-electron chi connectivity index (χ0n) is 17.0. The molecule has 4 aromatic rings. The van der Waals surface area contributed by atoms with E-state index in [9.17, 15) is 14.0 Å². The van der Waals surface area contributed by atoms with Crippen LogP contribution < -0.4 is 10.9 Å². The van der Waals surface area contributed by atoms with Crippen molar-refractivity contribution in [2.75, 3.05) is 13.2 Å². The fraction of sp³-hybridized carbons (Fsp3) is 0.250. The Morgan fingerprint density at radius 3 is 2.65 bits per heavy atom. The summed E-state index contributed by atoms with van der Waals surface area (Å²) in [4.78, 5) is 24.5. The van der Waals surface area contributed by atoms with E-state index in [-0.39, 0.29) is 31.2 Å². The predicted molar refractivity (Wildman–Crippen MR) is 115 cm³/mol. The van der Waals surface area contributed by atoms with Gasteiger partial charge >= 0.3 is 5.63 Å². The van der Waals surface area contributed by atoms with Crippen molar-refractivity contribution in [3.8, 4) is 11.1 Å². The van der Waals surface area contributed by atoms with E-state index >= 15 is 0 Å².